The molecule has 2 rings (SSSR count). The lowest BCUT2D eigenvalue weighted by Crippen LogP contribution is -2.31. The van der Waals surface area contributed by atoms with Gasteiger partial charge in [0.05, 0.1) is 10.6 Å². The molecule has 0 saturated heterocycles. The van der Waals surface area contributed by atoms with E-state index < -0.39 is 11.8 Å². The van der Waals surface area contributed by atoms with Gasteiger partial charge in [0.2, 0.25) is 0 Å². The monoisotopic (exact) mass is 363 g/mol. The van der Waals surface area contributed by atoms with Crippen LogP contribution in [0.25, 0.3) is 0 Å². The molecule has 0 aliphatic rings. The van der Waals surface area contributed by atoms with E-state index in [0.29, 0.717) is 6.42 Å². The van der Waals surface area contributed by atoms with Crippen molar-refractivity contribution >= 4 is 17.6 Å². The van der Waals surface area contributed by atoms with Gasteiger partial charge in [0.25, 0.3) is 0 Å². The Bertz CT molecular complexity index is 726. The molecule has 3 nitrogen and oxygen atoms in total. The van der Waals surface area contributed by atoms with E-state index in [1.807, 2.05) is 44.2 Å². The van der Waals surface area contributed by atoms with Crippen LogP contribution < -0.4 is 5.73 Å². The summed E-state index contributed by atoms with van der Waals surface area (Å²) >= 11 is 5.94. The minimum atomic E-state index is -0.748. The van der Waals surface area contributed by atoms with E-state index in [4.69, 9.17) is 22.1 Å². The maximum Gasteiger partial charge on any atom is 0.341 e. The molecule has 134 valence electrons. The first-order valence-electron chi connectivity index (χ1n) is 8.24. The molecule has 0 amide bonds. The molecule has 0 saturated carbocycles. The number of benzene rings is 2. The second-order valence-electron chi connectivity index (χ2n) is 6.84. The highest BCUT2D eigenvalue weighted by Gasteiger charge is 2.18. The van der Waals surface area contributed by atoms with Crippen LogP contribution in [0.5, 0.6) is 0 Å². The number of carbonyl (C=O) groups excluding carboxylic acids is 1. The summed E-state index contributed by atoms with van der Waals surface area (Å²) in [4.78, 5) is 12.2. The van der Waals surface area contributed by atoms with E-state index in [-0.39, 0.29) is 22.7 Å². The van der Waals surface area contributed by atoms with Crippen molar-refractivity contribution < 1.29 is 13.9 Å². The fourth-order valence-corrected chi connectivity index (χ4v) is 2.73. The minimum Gasteiger partial charge on any atom is -0.457 e. The lowest BCUT2D eigenvalue weighted by atomic mass is 9.96. The van der Waals surface area contributed by atoms with Gasteiger partial charge in [-0.05, 0) is 56.4 Å². The van der Waals surface area contributed by atoms with Gasteiger partial charge in [0, 0.05) is 5.54 Å². The Morgan fingerprint density at radius 1 is 1.20 bits per heavy atom. The van der Waals surface area contributed by atoms with Gasteiger partial charge >= 0.3 is 5.97 Å². The first kappa shape index (κ1) is 19.4. The largest absolute Gasteiger partial charge is 0.457 e. The Labute approximate surface area is 152 Å². The van der Waals surface area contributed by atoms with E-state index in [9.17, 15) is 9.18 Å². The number of aryl methyl sites for hydroxylation is 1. The molecule has 2 aromatic carbocycles. The van der Waals surface area contributed by atoms with E-state index in [0.717, 1.165) is 24.0 Å². The van der Waals surface area contributed by atoms with Crippen molar-refractivity contribution in [3.8, 4) is 0 Å². The van der Waals surface area contributed by atoms with Crippen LogP contribution in [0.1, 0.15) is 48.2 Å². The summed E-state index contributed by atoms with van der Waals surface area (Å²) in [6, 6.07) is 12.3. The molecule has 5 heteroatoms. The molecule has 0 aliphatic heterocycles. The second kappa shape index (κ2) is 8.45. The number of halogens is 2. The number of hydrogen-bond donors (Lipinski definition) is 1. The van der Waals surface area contributed by atoms with Crippen molar-refractivity contribution in [2.24, 2.45) is 5.73 Å². The molecule has 0 unspecified atom stereocenters. The Hall–Kier alpha value is -1.91. The molecule has 2 aromatic rings. The maximum atomic E-state index is 14.2. The molecule has 0 heterocycles. The van der Waals surface area contributed by atoms with Gasteiger partial charge in [-0.3, -0.25) is 0 Å². The lowest BCUT2D eigenvalue weighted by Gasteiger charge is -2.18. The summed E-state index contributed by atoms with van der Waals surface area (Å²) in [5.74, 6) is -1.47. The molecule has 2 N–H and O–H groups in total. The highest BCUT2D eigenvalue weighted by Crippen LogP contribution is 2.24. The average molecular weight is 364 g/mol. The Morgan fingerprint density at radius 3 is 2.52 bits per heavy atom. The van der Waals surface area contributed by atoms with Crippen LogP contribution >= 0.6 is 11.6 Å². The van der Waals surface area contributed by atoms with Crippen LogP contribution in [-0.4, -0.2) is 11.5 Å². The predicted molar refractivity (Wildman–Crippen MR) is 98.2 cm³/mol. The minimum absolute atomic E-state index is 0.0730. The van der Waals surface area contributed by atoms with Gasteiger partial charge in [-0.15, -0.1) is 0 Å². The Balaban J connectivity index is 2.06. The Kier molecular flexibility index (Phi) is 6.57. The highest BCUT2D eigenvalue weighted by molar-refractivity contribution is 6.31. The molecule has 25 heavy (non-hydrogen) atoms. The number of ether oxygens (including phenoxy) is 1. The first-order valence-corrected chi connectivity index (χ1v) is 8.62. The maximum absolute atomic E-state index is 14.2. The topological polar surface area (TPSA) is 52.3 Å². The third-order valence-electron chi connectivity index (χ3n) is 3.81. The van der Waals surface area contributed by atoms with Crippen molar-refractivity contribution in [1.29, 1.82) is 0 Å². The number of hydrogen-bond acceptors (Lipinski definition) is 3. The zero-order valence-electron chi connectivity index (χ0n) is 14.5. The molecule has 0 atom stereocenters. The summed E-state index contributed by atoms with van der Waals surface area (Å²) in [5.41, 5.74) is 7.20. The fourth-order valence-electron chi connectivity index (χ4n) is 2.49. The zero-order chi connectivity index (χ0) is 18.4. The van der Waals surface area contributed by atoms with E-state index in [1.165, 1.54) is 6.07 Å². The van der Waals surface area contributed by atoms with Crippen LogP contribution in [0.15, 0.2) is 42.5 Å². The van der Waals surface area contributed by atoms with Crippen molar-refractivity contribution in [3.05, 3.63) is 70.0 Å². The normalized spacial score (nSPS) is 11.4. The third kappa shape index (κ3) is 6.15. The molecule has 0 fully saturated rings. The predicted octanol–water partition coefficient (Wildman–Crippen LogP) is 4.90. The molecule has 0 spiro atoms. The van der Waals surface area contributed by atoms with Crippen LogP contribution in [-0.2, 0) is 17.8 Å². The highest BCUT2D eigenvalue weighted by atomic mass is 35.5. The second-order valence-corrected chi connectivity index (χ2v) is 7.25. The van der Waals surface area contributed by atoms with Gasteiger partial charge in [0.15, 0.2) is 5.82 Å². The van der Waals surface area contributed by atoms with Gasteiger partial charge in [-0.1, -0.05) is 41.9 Å². The van der Waals surface area contributed by atoms with E-state index in [1.54, 1.807) is 6.07 Å². The Morgan fingerprint density at radius 2 is 1.88 bits per heavy atom. The van der Waals surface area contributed by atoms with Crippen molar-refractivity contribution in [1.82, 2.24) is 0 Å². The third-order valence-corrected chi connectivity index (χ3v) is 4.08. The van der Waals surface area contributed by atoms with Crippen LogP contribution in [0.4, 0.5) is 4.39 Å². The lowest BCUT2D eigenvalue weighted by molar-refractivity contribution is 0.0467. The quantitative estimate of drug-likeness (QED) is 0.712. The molecule has 0 bridgehead atoms. The summed E-state index contributed by atoms with van der Waals surface area (Å²) in [6.07, 6.45) is 2.30. The van der Waals surface area contributed by atoms with E-state index in [2.05, 4.69) is 0 Å². The molecule has 0 aliphatic carbocycles. The number of rotatable bonds is 7. The van der Waals surface area contributed by atoms with Crippen molar-refractivity contribution in [3.63, 3.8) is 0 Å². The number of esters is 1. The van der Waals surface area contributed by atoms with Gasteiger partial charge in [-0.25, -0.2) is 9.18 Å². The number of carbonyl (C=O) groups is 1. The zero-order valence-corrected chi connectivity index (χ0v) is 15.3. The summed E-state index contributed by atoms with van der Waals surface area (Å²) in [5, 5.41) is -0.0730. The molecular weight excluding hydrogens is 341 g/mol. The average Bonchev–Trinajstić information content (AvgIpc) is 2.55. The van der Waals surface area contributed by atoms with Gasteiger partial charge < -0.3 is 10.5 Å². The van der Waals surface area contributed by atoms with Gasteiger partial charge in [0.1, 0.15) is 6.61 Å². The standard InChI is InChI=1S/C20H23ClFNO2/c1-20(2,23)10-6-9-15-11-16(18(22)17(21)12-15)19(24)25-13-14-7-4-3-5-8-14/h3-5,7-8,11-12H,6,9-10,13,23H2,1-2H3. The molecule has 0 radical (unpaired) electrons. The number of nitrogens with two attached hydrogens (primary N) is 1. The van der Waals surface area contributed by atoms with Crippen LogP contribution in [0, 0.1) is 5.82 Å². The summed E-state index contributed by atoms with van der Waals surface area (Å²) < 4.78 is 19.4. The van der Waals surface area contributed by atoms with Gasteiger partial charge in [-0.2, -0.15) is 0 Å². The van der Waals surface area contributed by atoms with Crippen molar-refractivity contribution in [2.45, 2.75) is 45.3 Å². The van der Waals surface area contributed by atoms with E-state index >= 15 is 0 Å². The first-order chi connectivity index (χ1) is 11.8. The van der Waals surface area contributed by atoms with Crippen molar-refractivity contribution in [2.75, 3.05) is 0 Å². The smallest absolute Gasteiger partial charge is 0.341 e. The van der Waals surface area contributed by atoms with Crippen LogP contribution in [0.2, 0.25) is 5.02 Å². The fraction of sp³-hybridized carbons (Fsp3) is 0.350. The van der Waals surface area contributed by atoms with Crippen LogP contribution in [0.3, 0.4) is 0 Å². The molecular formula is C20H23ClFNO2. The summed E-state index contributed by atoms with van der Waals surface area (Å²) in [7, 11) is 0. The SMILES string of the molecule is CC(C)(N)CCCc1cc(Cl)c(F)c(C(=O)OCc2ccccc2)c1. The summed E-state index contributed by atoms with van der Waals surface area (Å²) in [6.45, 7) is 4.00. The molecule has 0 aromatic heterocycles.